The van der Waals surface area contributed by atoms with Crippen LogP contribution < -0.4 is 5.32 Å². The maximum Gasteiger partial charge on any atom is 0.288 e. The van der Waals surface area contributed by atoms with E-state index in [9.17, 15) is 14.4 Å². The second-order valence-electron chi connectivity index (χ2n) is 5.61. The summed E-state index contributed by atoms with van der Waals surface area (Å²) < 4.78 is 5.32. The molecule has 2 saturated heterocycles. The number of ketones is 1. The third-order valence-electron chi connectivity index (χ3n) is 4.02. The summed E-state index contributed by atoms with van der Waals surface area (Å²) >= 11 is 1.07. The molecule has 0 aromatic carbocycles. The molecule has 1 amide bonds. The molecule has 7 heteroatoms. The minimum Gasteiger partial charge on any atom is -0.456 e. The number of piperidine rings is 1. The standard InChI is InChI=1S/C15H18N2O4S/c1-9-5-6-11(21-9)14(19)16-12-4-2-3-7-17(12)13-10(18)8-22-15(13)20/h5-6,12-13H,2-4,7-8H2,1H3,(H,16,19). The zero-order valence-corrected chi connectivity index (χ0v) is 13.1. The van der Waals surface area contributed by atoms with E-state index in [0.29, 0.717) is 12.3 Å². The van der Waals surface area contributed by atoms with Gasteiger partial charge in [0.15, 0.2) is 11.5 Å². The fourth-order valence-corrected chi connectivity index (χ4v) is 3.82. The second-order valence-corrected chi connectivity index (χ2v) is 6.59. The summed E-state index contributed by atoms with van der Waals surface area (Å²) in [5.74, 6) is 0.781. The molecule has 0 bridgehead atoms. The molecule has 0 radical (unpaired) electrons. The molecule has 1 aromatic heterocycles. The van der Waals surface area contributed by atoms with Crippen LogP contribution in [0.2, 0.25) is 0 Å². The first-order chi connectivity index (χ1) is 10.6. The molecule has 0 aliphatic carbocycles. The van der Waals surface area contributed by atoms with Gasteiger partial charge in [-0.1, -0.05) is 11.8 Å². The number of carbonyl (C=O) groups excluding carboxylic acids is 3. The van der Waals surface area contributed by atoms with Crippen LogP contribution in [0, 0.1) is 6.92 Å². The number of carbonyl (C=O) groups is 3. The molecule has 3 rings (SSSR count). The zero-order chi connectivity index (χ0) is 15.7. The lowest BCUT2D eigenvalue weighted by Gasteiger charge is -2.38. The van der Waals surface area contributed by atoms with Gasteiger partial charge in [-0.3, -0.25) is 19.3 Å². The van der Waals surface area contributed by atoms with E-state index in [4.69, 9.17) is 4.42 Å². The number of hydrogen-bond acceptors (Lipinski definition) is 6. The molecule has 118 valence electrons. The zero-order valence-electron chi connectivity index (χ0n) is 12.3. The molecule has 2 atom stereocenters. The van der Waals surface area contributed by atoms with Gasteiger partial charge < -0.3 is 9.73 Å². The van der Waals surface area contributed by atoms with Crippen LogP contribution in [0.5, 0.6) is 0 Å². The van der Waals surface area contributed by atoms with Crippen molar-refractivity contribution in [2.45, 2.75) is 38.4 Å². The normalized spacial score (nSPS) is 26.4. The maximum atomic E-state index is 12.2. The van der Waals surface area contributed by atoms with Gasteiger partial charge in [0.05, 0.1) is 11.9 Å². The van der Waals surface area contributed by atoms with Crippen LogP contribution in [-0.2, 0) is 9.59 Å². The summed E-state index contributed by atoms with van der Waals surface area (Å²) in [5.41, 5.74) is 0. The van der Waals surface area contributed by atoms with Crippen LogP contribution in [0.25, 0.3) is 0 Å². The Hall–Kier alpha value is -1.60. The number of likely N-dealkylation sites (tertiary alicyclic amines) is 1. The fraction of sp³-hybridized carbons (Fsp3) is 0.533. The van der Waals surface area contributed by atoms with Crippen LogP contribution >= 0.6 is 11.8 Å². The van der Waals surface area contributed by atoms with E-state index < -0.39 is 6.04 Å². The van der Waals surface area contributed by atoms with Crippen molar-refractivity contribution >= 4 is 28.6 Å². The van der Waals surface area contributed by atoms with Gasteiger partial charge in [0, 0.05) is 6.54 Å². The number of amides is 1. The lowest BCUT2D eigenvalue weighted by molar-refractivity contribution is -0.129. The highest BCUT2D eigenvalue weighted by Crippen LogP contribution is 2.27. The van der Waals surface area contributed by atoms with Gasteiger partial charge in [-0.25, -0.2) is 0 Å². The molecular formula is C15H18N2O4S. The molecular weight excluding hydrogens is 304 g/mol. The Labute approximate surface area is 132 Å². The fourth-order valence-electron chi connectivity index (χ4n) is 2.95. The van der Waals surface area contributed by atoms with Gasteiger partial charge in [0.25, 0.3) is 5.91 Å². The van der Waals surface area contributed by atoms with Crippen molar-refractivity contribution in [3.8, 4) is 0 Å². The number of hydrogen-bond donors (Lipinski definition) is 1. The summed E-state index contributed by atoms with van der Waals surface area (Å²) in [6.45, 7) is 2.42. The van der Waals surface area contributed by atoms with Crippen molar-refractivity contribution in [3.05, 3.63) is 23.7 Å². The van der Waals surface area contributed by atoms with Gasteiger partial charge >= 0.3 is 0 Å². The largest absolute Gasteiger partial charge is 0.456 e. The molecule has 22 heavy (non-hydrogen) atoms. The van der Waals surface area contributed by atoms with Crippen molar-refractivity contribution in [1.29, 1.82) is 0 Å². The second kappa shape index (κ2) is 6.26. The SMILES string of the molecule is Cc1ccc(C(=O)NC2CCCCN2C2C(=O)CSC2=O)o1. The Morgan fingerprint density at radius 1 is 1.36 bits per heavy atom. The first-order valence-electron chi connectivity index (χ1n) is 7.38. The van der Waals surface area contributed by atoms with E-state index >= 15 is 0 Å². The van der Waals surface area contributed by atoms with E-state index in [0.717, 1.165) is 31.0 Å². The highest BCUT2D eigenvalue weighted by atomic mass is 32.2. The maximum absolute atomic E-state index is 12.2. The number of Topliss-reactive ketones (excluding diaryl/α,β-unsaturated/α-hetero) is 1. The number of aryl methyl sites for hydroxylation is 1. The number of nitrogens with zero attached hydrogens (tertiary/aromatic N) is 1. The van der Waals surface area contributed by atoms with Crippen LogP contribution in [0.3, 0.4) is 0 Å². The molecule has 1 aromatic rings. The lowest BCUT2D eigenvalue weighted by atomic mass is 10.0. The predicted molar refractivity (Wildman–Crippen MR) is 81.5 cm³/mol. The van der Waals surface area contributed by atoms with E-state index in [-0.39, 0.29) is 34.5 Å². The Bertz CT molecular complexity index is 596. The minimum absolute atomic E-state index is 0.0648. The topological polar surface area (TPSA) is 79.6 Å². The lowest BCUT2D eigenvalue weighted by Crippen LogP contribution is -2.57. The number of rotatable bonds is 3. The Morgan fingerprint density at radius 2 is 2.18 bits per heavy atom. The highest BCUT2D eigenvalue weighted by Gasteiger charge is 2.42. The predicted octanol–water partition coefficient (Wildman–Crippen LogP) is 1.34. The molecule has 0 saturated carbocycles. The average Bonchev–Trinajstić information content (AvgIpc) is 3.06. The minimum atomic E-state index is -0.714. The molecule has 2 unspecified atom stereocenters. The van der Waals surface area contributed by atoms with Crippen molar-refractivity contribution in [2.24, 2.45) is 0 Å². The summed E-state index contributed by atoms with van der Waals surface area (Å²) in [4.78, 5) is 38.0. The van der Waals surface area contributed by atoms with Gasteiger partial charge in [0.2, 0.25) is 5.12 Å². The first kappa shape index (κ1) is 15.3. The van der Waals surface area contributed by atoms with E-state index in [1.807, 2.05) is 4.90 Å². The number of thioether (sulfide) groups is 1. The van der Waals surface area contributed by atoms with Gasteiger partial charge in [-0.05, 0) is 38.3 Å². The summed E-state index contributed by atoms with van der Waals surface area (Å²) in [7, 11) is 0. The van der Waals surface area contributed by atoms with Crippen LogP contribution in [0.1, 0.15) is 35.6 Å². The van der Waals surface area contributed by atoms with Gasteiger partial charge in [-0.15, -0.1) is 0 Å². The van der Waals surface area contributed by atoms with Gasteiger partial charge in [0.1, 0.15) is 11.8 Å². The smallest absolute Gasteiger partial charge is 0.288 e. The first-order valence-corrected chi connectivity index (χ1v) is 8.37. The van der Waals surface area contributed by atoms with E-state index in [2.05, 4.69) is 5.32 Å². The third-order valence-corrected chi connectivity index (χ3v) is 4.96. The highest BCUT2D eigenvalue weighted by molar-refractivity contribution is 8.15. The monoisotopic (exact) mass is 322 g/mol. The third kappa shape index (κ3) is 2.96. The molecule has 2 aliphatic rings. The Kier molecular flexibility index (Phi) is 4.35. The number of furan rings is 1. The van der Waals surface area contributed by atoms with Gasteiger partial charge in [-0.2, -0.15) is 0 Å². The average molecular weight is 322 g/mol. The van der Waals surface area contributed by atoms with Crippen molar-refractivity contribution in [3.63, 3.8) is 0 Å². The summed E-state index contributed by atoms with van der Waals surface area (Å²) in [6.07, 6.45) is 2.31. The molecule has 2 aliphatic heterocycles. The molecule has 2 fully saturated rings. The van der Waals surface area contributed by atoms with Crippen molar-refractivity contribution in [1.82, 2.24) is 10.2 Å². The molecule has 3 heterocycles. The quantitative estimate of drug-likeness (QED) is 0.846. The Morgan fingerprint density at radius 3 is 2.82 bits per heavy atom. The number of nitrogens with one attached hydrogen (secondary N) is 1. The van der Waals surface area contributed by atoms with Crippen LogP contribution in [0.15, 0.2) is 16.5 Å². The van der Waals surface area contributed by atoms with E-state index in [1.54, 1.807) is 19.1 Å². The van der Waals surface area contributed by atoms with Crippen molar-refractivity contribution in [2.75, 3.05) is 12.3 Å². The van der Waals surface area contributed by atoms with Crippen molar-refractivity contribution < 1.29 is 18.8 Å². The summed E-state index contributed by atoms with van der Waals surface area (Å²) in [6, 6.07) is 2.64. The van der Waals surface area contributed by atoms with E-state index in [1.165, 1.54) is 0 Å². The van der Waals surface area contributed by atoms with Crippen LogP contribution in [0.4, 0.5) is 0 Å². The molecule has 1 N–H and O–H groups in total. The molecule has 0 spiro atoms. The summed E-state index contributed by atoms with van der Waals surface area (Å²) in [5, 5.41) is 2.78. The molecule has 6 nitrogen and oxygen atoms in total. The Balaban J connectivity index is 1.74. The van der Waals surface area contributed by atoms with Crippen LogP contribution in [-0.4, -0.2) is 46.2 Å².